The summed E-state index contributed by atoms with van der Waals surface area (Å²) in [5.41, 5.74) is 0.306. The molecular formula is C28H32F2N4O7S. The summed E-state index contributed by atoms with van der Waals surface area (Å²) in [5, 5.41) is 1.96. The van der Waals surface area contributed by atoms with Crippen LogP contribution >= 0.6 is 0 Å². The number of imide groups is 2. The number of alkyl halides is 1. The highest BCUT2D eigenvalue weighted by molar-refractivity contribution is 7.90. The summed E-state index contributed by atoms with van der Waals surface area (Å²) in [7, 11) is 0. The lowest BCUT2D eigenvalue weighted by Crippen LogP contribution is -2.64. The minimum absolute atomic E-state index is 0.0628. The lowest BCUT2D eigenvalue weighted by molar-refractivity contribution is -0.151. The maximum atomic E-state index is 16.3. The highest BCUT2D eigenvalue weighted by atomic mass is 32.2. The van der Waals surface area contributed by atoms with Gasteiger partial charge in [-0.15, -0.1) is 4.72 Å². The zero-order valence-electron chi connectivity index (χ0n) is 23.5. The van der Waals surface area contributed by atoms with Gasteiger partial charge in [-0.3, -0.25) is 29.6 Å². The van der Waals surface area contributed by atoms with Crippen molar-refractivity contribution in [2.75, 3.05) is 13.2 Å². The van der Waals surface area contributed by atoms with E-state index in [2.05, 4.69) is 9.71 Å². The van der Waals surface area contributed by atoms with Crippen molar-refractivity contribution in [3.05, 3.63) is 53.6 Å². The molecule has 226 valence electrons. The lowest BCUT2D eigenvalue weighted by atomic mass is 9.89. The molecule has 2 aliphatic heterocycles. The van der Waals surface area contributed by atoms with Gasteiger partial charge in [-0.2, -0.15) is 0 Å². The van der Waals surface area contributed by atoms with Crippen LogP contribution in [0.2, 0.25) is 0 Å². The Morgan fingerprint density at radius 2 is 1.86 bits per heavy atom. The molecule has 0 spiro atoms. The average molecular weight is 607 g/mol. The Kier molecular flexibility index (Phi) is 9.60. The molecule has 2 aromatic rings. The van der Waals surface area contributed by atoms with E-state index in [0.717, 1.165) is 22.7 Å². The SMILES string of the molecule is Cc1ccc(Oc2ccc(F)c(C(N[S@+]([O-])C(C)(C)C)C(F)C(=O)C3C(=O)NC(=O)N(C4CCOCC4)C3=O)c2)cn1. The molecule has 42 heavy (non-hydrogen) atoms. The van der Waals surface area contributed by atoms with Gasteiger partial charge in [-0.05, 0) is 70.9 Å². The number of nitrogens with zero attached hydrogens (tertiary/aromatic N) is 2. The molecule has 14 heteroatoms. The first-order valence-electron chi connectivity index (χ1n) is 13.3. The van der Waals surface area contributed by atoms with Gasteiger partial charge in [0.05, 0.1) is 6.20 Å². The van der Waals surface area contributed by atoms with Crippen LogP contribution in [0.1, 0.15) is 50.9 Å². The van der Waals surface area contributed by atoms with Crippen molar-refractivity contribution < 1.29 is 42.0 Å². The lowest BCUT2D eigenvalue weighted by Gasteiger charge is -2.37. The molecule has 3 heterocycles. The molecule has 0 saturated carbocycles. The number of urea groups is 1. The standard InChI is InChI=1S/C28H32F2N4O7S/c1-15-5-6-18(14-31-15)41-17-7-8-20(29)19(13-17)23(33-42(39)28(2,3)4)22(30)24(35)21-25(36)32-27(38)34(26(21)37)16-9-11-40-12-10-16/h5-8,13-14,16,21-23,33H,9-12H2,1-4H3,(H,32,36,38)/t21?,22?,23?,42-/m1/s1. The predicted molar refractivity (Wildman–Crippen MR) is 147 cm³/mol. The second kappa shape index (κ2) is 12.8. The molecule has 2 saturated heterocycles. The van der Waals surface area contributed by atoms with E-state index < -0.39 is 75.3 Å². The molecule has 0 aliphatic carbocycles. The van der Waals surface area contributed by atoms with Gasteiger partial charge in [-0.25, -0.2) is 13.6 Å². The Morgan fingerprint density at radius 3 is 2.48 bits per heavy atom. The minimum atomic E-state index is -2.73. The quantitative estimate of drug-likeness (QED) is 0.324. The van der Waals surface area contributed by atoms with E-state index in [0.29, 0.717) is 5.75 Å². The number of carbonyl (C=O) groups is 4. The molecule has 4 rings (SSSR count). The molecule has 4 amide bonds. The summed E-state index contributed by atoms with van der Waals surface area (Å²) in [5.74, 6) is -6.79. The van der Waals surface area contributed by atoms with Crippen LogP contribution in [0, 0.1) is 18.7 Å². The van der Waals surface area contributed by atoms with Gasteiger partial charge in [0.25, 0.3) is 5.91 Å². The number of halogens is 2. The van der Waals surface area contributed by atoms with Crippen molar-refractivity contribution >= 4 is 35.0 Å². The normalized spacial score (nSPS) is 20.6. The number of pyridine rings is 1. The molecule has 1 aromatic carbocycles. The number of Topliss-reactive ketones (excluding diaryl/α,β-unsaturated/α-hetero) is 1. The van der Waals surface area contributed by atoms with Crippen molar-refractivity contribution in [2.24, 2.45) is 5.92 Å². The molecule has 11 nitrogen and oxygen atoms in total. The Labute approximate surface area is 244 Å². The van der Waals surface area contributed by atoms with Crippen LogP contribution in [0.5, 0.6) is 11.5 Å². The fraction of sp³-hybridized carbons (Fsp3) is 0.464. The van der Waals surface area contributed by atoms with E-state index in [4.69, 9.17) is 9.47 Å². The van der Waals surface area contributed by atoms with Gasteiger partial charge >= 0.3 is 6.03 Å². The van der Waals surface area contributed by atoms with E-state index in [9.17, 15) is 23.7 Å². The van der Waals surface area contributed by atoms with Gasteiger partial charge < -0.3 is 14.0 Å². The summed E-state index contributed by atoms with van der Waals surface area (Å²) >= 11 is -2.02. The van der Waals surface area contributed by atoms with E-state index in [1.165, 1.54) is 12.3 Å². The summed E-state index contributed by atoms with van der Waals surface area (Å²) in [6.45, 7) is 7.02. The minimum Gasteiger partial charge on any atom is -0.598 e. The molecule has 0 bridgehead atoms. The van der Waals surface area contributed by atoms with E-state index in [1.54, 1.807) is 39.8 Å². The monoisotopic (exact) mass is 606 g/mol. The van der Waals surface area contributed by atoms with Crippen LogP contribution in [-0.2, 0) is 30.5 Å². The van der Waals surface area contributed by atoms with Crippen molar-refractivity contribution in [1.82, 2.24) is 19.9 Å². The van der Waals surface area contributed by atoms with Gasteiger partial charge in [-0.1, -0.05) is 0 Å². The third-order valence-corrected chi connectivity index (χ3v) is 8.39. The summed E-state index contributed by atoms with van der Waals surface area (Å²) in [6.07, 6.45) is -0.748. The van der Waals surface area contributed by atoms with Gasteiger partial charge in [0.2, 0.25) is 5.91 Å². The number of ether oxygens (including phenoxy) is 2. The molecule has 3 unspecified atom stereocenters. The topological polar surface area (TPSA) is 150 Å². The largest absolute Gasteiger partial charge is 0.598 e. The highest BCUT2D eigenvalue weighted by Crippen LogP contribution is 2.33. The number of aromatic nitrogens is 1. The maximum absolute atomic E-state index is 16.3. The summed E-state index contributed by atoms with van der Waals surface area (Å²) < 4.78 is 57.0. The molecular weight excluding hydrogens is 574 g/mol. The fourth-order valence-corrected chi connectivity index (χ4v) is 5.33. The maximum Gasteiger partial charge on any atom is 0.331 e. The number of amides is 4. The van der Waals surface area contributed by atoms with E-state index in [1.807, 2.05) is 5.32 Å². The zero-order valence-corrected chi connectivity index (χ0v) is 24.3. The predicted octanol–water partition coefficient (Wildman–Crippen LogP) is 3.20. The smallest absolute Gasteiger partial charge is 0.331 e. The van der Waals surface area contributed by atoms with Gasteiger partial charge in [0, 0.05) is 41.9 Å². The fourth-order valence-electron chi connectivity index (χ4n) is 4.50. The van der Waals surface area contributed by atoms with Crippen LogP contribution in [0.15, 0.2) is 36.5 Å². The first-order valence-corrected chi connectivity index (χ1v) is 14.4. The average Bonchev–Trinajstić information content (AvgIpc) is 2.93. The second-order valence-corrected chi connectivity index (χ2v) is 13.0. The number of aryl methyl sites for hydroxylation is 1. The summed E-state index contributed by atoms with van der Waals surface area (Å²) in [4.78, 5) is 56.9. The van der Waals surface area contributed by atoms with Crippen LogP contribution < -0.4 is 14.8 Å². The zero-order chi connectivity index (χ0) is 30.8. The molecule has 1 aromatic heterocycles. The molecule has 4 atom stereocenters. The van der Waals surface area contributed by atoms with Crippen molar-refractivity contribution in [2.45, 2.75) is 63.5 Å². The number of rotatable bonds is 9. The third kappa shape index (κ3) is 6.94. The van der Waals surface area contributed by atoms with Crippen LogP contribution in [0.4, 0.5) is 13.6 Å². The molecule has 2 aliphatic rings. The Hall–Kier alpha value is -3.46. The van der Waals surface area contributed by atoms with Crippen LogP contribution in [0.25, 0.3) is 0 Å². The Morgan fingerprint density at radius 1 is 1.19 bits per heavy atom. The van der Waals surface area contributed by atoms with Crippen molar-refractivity contribution in [3.8, 4) is 11.5 Å². The van der Waals surface area contributed by atoms with Gasteiger partial charge in [0.15, 0.2) is 17.9 Å². The Balaban J connectivity index is 1.67. The number of barbiturate groups is 1. The first kappa shape index (κ1) is 31.5. The van der Waals surface area contributed by atoms with E-state index in [-0.39, 0.29) is 31.8 Å². The van der Waals surface area contributed by atoms with Crippen molar-refractivity contribution in [3.63, 3.8) is 0 Å². The number of nitrogens with one attached hydrogen (secondary N) is 2. The number of carbonyl (C=O) groups excluding carboxylic acids is 4. The number of hydrogen-bond acceptors (Lipinski definition) is 9. The number of benzene rings is 1. The molecule has 0 radical (unpaired) electrons. The summed E-state index contributed by atoms with van der Waals surface area (Å²) in [6, 6.07) is 3.14. The molecule has 2 fully saturated rings. The Bertz CT molecular complexity index is 1350. The van der Waals surface area contributed by atoms with Crippen molar-refractivity contribution in [1.29, 1.82) is 0 Å². The molecule has 2 N–H and O–H groups in total. The number of hydrogen-bond donors (Lipinski definition) is 2. The van der Waals surface area contributed by atoms with E-state index >= 15 is 8.78 Å². The highest BCUT2D eigenvalue weighted by Gasteiger charge is 2.51. The van der Waals surface area contributed by atoms with Gasteiger partial charge in [0.1, 0.15) is 28.1 Å². The van der Waals surface area contributed by atoms with Crippen LogP contribution in [-0.4, -0.2) is 68.2 Å². The third-order valence-electron chi connectivity index (χ3n) is 6.81. The van der Waals surface area contributed by atoms with Crippen LogP contribution in [0.3, 0.4) is 0 Å². The number of ketones is 1. The first-order chi connectivity index (χ1) is 19.8. The second-order valence-electron chi connectivity index (χ2n) is 11.0.